The topological polar surface area (TPSA) is 162 Å². The molecule has 4 saturated heterocycles. The van der Waals surface area contributed by atoms with E-state index in [1.807, 2.05) is 65.5 Å². The van der Waals surface area contributed by atoms with Crippen LogP contribution in [-0.4, -0.2) is 131 Å². The Labute approximate surface area is 380 Å². The molecule has 2 atom stereocenters. The molecule has 4 N–H and O–H groups in total. The van der Waals surface area contributed by atoms with Crippen LogP contribution < -0.4 is 31.1 Å². The molecule has 0 bridgehead atoms. The molecule has 6 amide bonds. The van der Waals surface area contributed by atoms with E-state index in [9.17, 15) is 19.2 Å². The number of benzene rings is 2. The number of hydrogen-bond acceptors (Lipinski definition) is 10. The highest BCUT2D eigenvalue weighted by Crippen LogP contribution is 2.40. The zero-order valence-corrected chi connectivity index (χ0v) is 37.3. The number of nitrogens with zero attached hydrogens (tertiary/aromatic N) is 8. The summed E-state index contributed by atoms with van der Waals surface area (Å²) in [5.74, 6) is 0.00344. The number of amides is 6. The van der Waals surface area contributed by atoms with Crippen molar-refractivity contribution in [3.05, 3.63) is 107 Å². The molecule has 8 heterocycles. The lowest BCUT2D eigenvalue weighted by atomic mass is 10.1. The van der Waals surface area contributed by atoms with Crippen LogP contribution in [-0.2, 0) is 13.1 Å². The van der Waals surface area contributed by atoms with Gasteiger partial charge in [-0.2, -0.15) is 0 Å². The third-order valence-corrected chi connectivity index (χ3v) is 13.9. The molecule has 65 heavy (non-hydrogen) atoms. The summed E-state index contributed by atoms with van der Waals surface area (Å²) in [6.07, 6.45) is 10.2. The van der Waals surface area contributed by atoms with Crippen molar-refractivity contribution in [2.75, 3.05) is 92.4 Å². The van der Waals surface area contributed by atoms with Gasteiger partial charge in [0.1, 0.15) is 0 Å². The van der Waals surface area contributed by atoms with Gasteiger partial charge in [0.05, 0.1) is 34.8 Å². The number of piperazine rings is 2. The Balaban J connectivity index is 0.000000153. The number of nitrogens with one attached hydrogen (secondary N) is 4. The lowest BCUT2D eigenvalue weighted by Crippen LogP contribution is -2.46. The van der Waals surface area contributed by atoms with E-state index in [0.29, 0.717) is 18.2 Å². The highest BCUT2D eigenvalue weighted by Gasteiger charge is 2.38. The third-order valence-electron chi connectivity index (χ3n) is 13.9. The van der Waals surface area contributed by atoms with Crippen LogP contribution in [0.5, 0.6) is 0 Å². The maximum absolute atomic E-state index is 12.4. The van der Waals surface area contributed by atoms with Gasteiger partial charge in [0.25, 0.3) is 11.8 Å². The van der Waals surface area contributed by atoms with E-state index in [1.54, 1.807) is 0 Å². The summed E-state index contributed by atoms with van der Waals surface area (Å²) in [5, 5.41) is 11.9. The number of carbonyl (C=O) groups is 4. The van der Waals surface area contributed by atoms with E-state index in [4.69, 9.17) is 9.97 Å². The lowest BCUT2D eigenvalue weighted by molar-refractivity contribution is 0.0944. The van der Waals surface area contributed by atoms with E-state index in [1.165, 1.54) is 0 Å². The molecule has 0 radical (unpaired) electrons. The minimum Gasteiger partial charge on any atom is -0.369 e. The summed E-state index contributed by atoms with van der Waals surface area (Å²) in [7, 11) is 0. The van der Waals surface area contributed by atoms with Gasteiger partial charge in [-0.15, -0.1) is 0 Å². The van der Waals surface area contributed by atoms with Gasteiger partial charge in [-0.3, -0.25) is 29.4 Å². The normalized spacial score (nSPS) is 21.6. The largest absolute Gasteiger partial charge is 0.369 e. The molecule has 0 spiro atoms. The first-order valence-corrected chi connectivity index (χ1v) is 23.6. The Morgan fingerprint density at radius 2 is 1.05 bits per heavy atom. The van der Waals surface area contributed by atoms with Crippen LogP contribution >= 0.6 is 0 Å². The Kier molecular flexibility index (Phi) is 12.3. The predicted molar refractivity (Wildman–Crippen MR) is 250 cm³/mol. The summed E-state index contributed by atoms with van der Waals surface area (Å²) >= 11 is 0. The predicted octanol–water partition coefficient (Wildman–Crippen LogP) is 5.81. The summed E-state index contributed by atoms with van der Waals surface area (Å²) < 4.78 is 0. The van der Waals surface area contributed by atoms with Gasteiger partial charge in [0.15, 0.2) is 0 Å². The van der Waals surface area contributed by atoms with Crippen molar-refractivity contribution in [1.29, 1.82) is 0 Å². The molecule has 16 heteroatoms. The molecule has 7 aliphatic rings. The SMILES string of the molecule is CCNC(=O)c1ccc(N2CCN(Cc3cnc4c(c3)NC(=O)N3CCCC43)CC2)cc1.O=C(NC1CC1)c1ccc(N2CCN(Cc3cnc4c(c3)NC(=O)N3CCCC43)CC2)cc1. The van der Waals surface area contributed by atoms with E-state index in [0.717, 1.165) is 168 Å². The van der Waals surface area contributed by atoms with Crippen molar-refractivity contribution in [1.82, 2.24) is 40.2 Å². The van der Waals surface area contributed by atoms with Gasteiger partial charge < -0.3 is 40.9 Å². The minimum atomic E-state index is -0.0284. The Morgan fingerprint density at radius 3 is 1.48 bits per heavy atom. The average Bonchev–Trinajstić information content (AvgIpc) is 3.74. The van der Waals surface area contributed by atoms with Gasteiger partial charge in [-0.05, 0) is 117 Å². The van der Waals surface area contributed by atoms with Gasteiger partial charge in [0.2, 0.25) is 0 Å². The fraction of sp³-hybridized carbons (Fsp3) is 0.469. The van der Waals surface area contributed by atoms with Crippen LogP contribution in [0.2, 0.25) is 0 Å². The number of aromatic nitrogens is 2. The molecule has 16 nitrogen and oxygen atoms in total. The summed E-state index contributed by atoms with van der Waals surface area (Å²) in [6.45, 7) is 13.5. The molecule has 340 valence electrons. The quantitative estimate of drug-likeness (QED) is 0.153. The second kappa shape index (κ2) is 18.7. The van der Waals surface area contributed by atoms with Crippen LogP contribution in [0.3, 0.4) is 0 Å². The molecule has 2 aromatic heterocycles. The number of anilines is 4. The first-order valence-electron chi connectivity index (χ1n) is 23.6. The number of pyridine rings is 2. The van der Waals surface area contributed by atoms with E-state index in [2.05, 4.69) is 65.1 Å². The second-order valence-electron chi connectivity index (χ2n) is 18.3. The number of urea groups is 2. The van der Waals surface area contributed by atoms with Crippen LogP contribution in [0, 0.1) is 0 Å². The van der Waals surface area contributed by atoms with Crippen LogP contribution in [0.15, 0.2) is 73.1 Å². The van der Waals surface area contributed by atoms with Gasteiger partial charge in [0, 0.05) is 126 Å². The first kappa shape index (κ1) is 42.7. The molecule has 2 aromatic carbocycles. The zero-order chi connectivity index (χ0) is 44.4. The van der Waals surface area contributed by atoms with Crippen molar-refractivity contribution in [2.24, 2.45) is 0 Å². The van der Waals surface area contributed by atoms with Crippen molar-refractivity contribution in [3.63, 3.8) is 0 Å². The lowest BCUT2D eigenvalue weighted by Gasteiger charge is -2.36. The number of hydrogen-bond donors (Lipinski definition) is 4. The Bertz CT molecular complexity index is 2390. The summed E-state index contributed by atoms with van der Waals surface area (Å²) in [5.41, 5.74) is 9.79. The molecule has 6 aliphatic heterocycles. The fourth-order valence-electron chi connectivity index (χ4n) is 10.2. The minimum absolute atomic E-state index is 0.00533. The smallest absolute Gasteiger partial charge is 0.322 e. The molecule has 1 saturated carbocycles. The van der Waals surface area contributed by atoms with Crippen LogP contribution in [0.25, 0.3) is 0 Å². The monoisotopic (exact) mass is 880 g/mol. The number of rotatable bonds is 10. The van der Waals surface area contributed by atoms with Gasteiger partial charge >= 0.3 is 12.1 Å². The summed E-state index contributed by atoms with van der Waals surface area (Å²) in [4.78, 5) is 71.7. The highest BCUT2D eigenvalue weighted by molar-refractivity contribution is 5.96. The average molecular weight is 881 g/mol. The van der Waals surface area contributed by atoms with Crippen LogP contribution in [0.1, 0.15) is 101 Å². The standard InChI is InChI=1S/C25H30N6O2.C24H30N6O2/c32-24(27-19-5-6-19)18-3-7-20(8-4-18)30-12-10-29(11-13-30)16-17-14-21-23(26-15-17)22-2-1-9-31(22)25(33)28-21;1-2-25-23(31)18-5-7-19(8-6-18)29-12-10-28(11-13-29)16-17-14-20-22(26-15-17)21-4-3-9-30(21)24(32)27-20/h3-4,7-8,14-15,19,22H,1-2,5-6,9-13,16H2,(H,27,32)(H,28,33);5-8,14-15,21H,2-4,9-13,16H2,1H3,(H,25,31)(H,27,32). The van der Waals surface area contributed by atoms with Gasteiger partial charge in [-0.1, -0.05) is 0 Å². The second-order valence-corrected chi connectivity index (χ2v) is 18.3. The number of fused-ring (bicyclic) bond motifs is 6. The molecular weight excluding hydrogens is 821 g/mol. The molecule has 2 unspecified atom stereocenters. The van der Waals surface area contributed by atoms with Crippen LogP contribution in [0.4, 0.5) is 32.3 Å². The van der Waals surface area contributed by atoms with E-state index >= 15 is 0 Å². The van der Waals surface area contributed by atoms with Crippen molar-refractivity contribution in [3.8, 4) is 0 Å². The number of carbonyl (C=O) groups excluding carboxylic acids is 4. The molecule has 4 aromatic rings. The summed E-state index contributed by atoms with van der Waals surface area (Å²) in [6, 6.07) is 20.7. The molecule has 5 fully saturated rings. The molecule has 11 rings (SSSR count). The maximum Gasteiger partial charge on any atom is 0.322 e. The molecular formula is C49H60N12O4. The van der Waals surface area contributed by atoms with Crippen molar-refractivity contribution < 1.29 is 19.2 Å². The fourth-order valence-corrected chi connectivity index (χ4v) is 10.2. The van der Waals surface area contributed by atoms with E-state index in [-0.39, 0.29) is 36.0 Å². The Morgan fingerprint density at radius 1 is 0.600 bits per heavy atom. The van der Waals surface area contributed by atoms with Gasteiger partial charge in [-0.25, -0.2) is 9.59 Å². The highest BCUT2D eigenvalue weighted by atomic mass is 16.2. The maximum atomic E-state index is 12.4. The van der Waals surface area contributed by atoms with E-state index < -0.39 is 0 Å². The first-order chi connectivity index (χ1) is 31.8. The third kappa shape index (κ3) is 9.46. The van der Waals surface area contributed by atoms with Crippen molar-refractivity contribution in [2.45, 2.75) is 76.7 Å². The zero-order valence-electron chi connectivity index (χ0n) is 37.3. The van der Waals surface area contributed by atoms with Crippen molar-refractivity contribution >= 4 is 46.6 Å². The molecule has 1 aliphatic carbocycles. The Hall–Kier alpha value is -6.26.